The van der Waals surface area contributed by atoms with Crippen LogP contribution in [0.15, 0.2) is 28.7 Å². The van der Waals surface area contributed by atoms with Crippen LogP contribution in [0.1, 0.15) is 5.89 Å². The fourth-order valence-corrected chi connectivity index (χ4v) is 1.26. The van der Waals surface area contributed by atoms with Crippen LogP contribution >= 0.6 is 0 Å². The van der Waals surface area contributed by atoms with Gasteiger partial charge in [0.2, 0.25) is 11.8 Å². The number of hydrogen-bond acceptors (Lipinski definition) is 6. The van der Waals surface area contributed by atoms with Crippen LogP contribution in [0.25, 0.3) is 11.5 Å². The van der Waals surface area contributed by atoms with Crippen molar-refractivity contribution < 1.29 is 13.9 Å². The Labute approximate surface area is 97.4 Å². The van der Waals surface area contributed by atoms with Gasteiger partial charge in [-0.3, -0.25) is 4.79 Å². The first-order chi connectivity index (χ1) is 8.19. The summed E-state index contributed by atoms with van der Waals surface area (Å²) >= 11 is 0. The summed E-state index contributed by atoms with van der Waals surface area (Å²) in [5, 5.41) is 7.59. The Bertz CT molecular complexity index is 519. The predicted octanol–water partition coefficient (Wildman–Crippen LogP) is 1.03. The van der Waals surface area contributed by atoms with E-state index in [0.29, 0.717) is 11.6 Å². The van der Waals surface area contributed by atoms with Gasteiger partial charge in [0.1, 0.15) is 6.42 Å². The summed E-state index contributed by atoms with van der Waals surface area (Å²) < 4.78 is 9.82. The minimum Gasteiger partial charge on any atom is -0.469 e. The summed E-state index contributed by atoms with van der Waals surface area (Å²) in [5.74, 6) is 0.157. The maximum Gasteiger partial charge on any atom is 0.315 e. The molecule has 2 aromatic rings. The van der Waals surface area contributed by atoms with Gasteiger partial charge >= 0.3 is 5.97 Å². The molecule has 1 aromatic carbocycles. The van der Waals surface area contributed by atoms with Gasteiger partial charge < -0.3 is 14.9 Å². The van der Waals surface area contributed by atoms with Gasteiger partial charge in [0.05, 0.1) is 7.11 Å². The van der Waals surface area contributed by atoms with E-state index in [9.17, 15) is 4.79 Å². The fraction of sp³-hybridized carbons (Fsp3) is 0.182. The number of aromatic nitrogens is 2. The van der Waals surface area contributed by atoms with Gasteiger partial charge in [0.15, 0.2) is 0 Å². The van der Waals surface area contributed by atoms with Crippen LogP contribution in [-0.2, 0) is 16.0 Å². The number of anilines is 1. The molecule has 1 aromatic heterocycles. The molecule has 0 bridgehead atoms. The largest absolute Gasteiger partial charge is 0.469 e. The first-order valence-electron chi connectivity index (χ1n) is 4.94. The molecule has 6 heteroatoms. The fourth-order valence-electron chi connectivity index (χ4n) is 1.26. The highest BCUT2D eigenvalue weighted by atomic mass is 16.5. The number of benzene rings is 1. The van der Waals surface area contributed by atoms with E-state index in [1.807, 2.05) is 0 Å². The molecule has 0 spiro atoms. The highest BCUT2D eigenvalue weighted by Gasteiger charge is 2.12. The molecule has 0 aliphatic rings. The minimum absolute atomic E-state index is 0.0293. The van der Waals surface area contributed by atoms with Crippen molar-refractivity contribution in [2.75, 3.05) is 12.8 Å². The summed E-state index contributed by atoms with van der Waals surface area (Å²) in [4.78, 5) is 11.0. The molecular formula is C11H11N3O3. The lowest BCUT2D eigenvalue weighted by Crippen LogP contribution is -2.04. The first kappa shape index (κ1) is 11.1. The van der Waals surface area contributed by atoms with E-state index in [1.165, 1.54) is 7.11 Å². The van der Waals surface area contributed by atoms with E-state index >= 15 is 0 Å². The molecule has 0 unspecified atom stereocenters. The molecule has 0 radical (unpaired) electrons. The number of rotatable bonds is 3. The molecule has 17 heavy (non-hydrogen) atoms. The van der Waals surface area contributed by atoms with Crippen molar-refractivity contribution in [2.45, 2.75) is 6.42 Å². The second-order valence-electron chi connectivity index (χ2n) is 3.38. The van der Waals surface area contributed by atoms with E-state index in [0.717, 1.165) is 5.56 Å². The molecule has 0 saturated heterocycles. The van der Waals surface area contributed by atoms with Crippen molar-refractivity contribution in [3.05, 3.63) is 30.2 Å². The molecule has 0 fully saturated rings. The van der Waals surface area contributed by atoms with Gasteiger partial charge in [-0.15, -0.1) is 10.2 Å². The van der Waals surface area contributed by atoms with Crippen LogP contribution in [0.5, 0.6) is 0 Å². The number of nitrogens with zero attached hydrogens (tertiary/aromatic N) is 2. The molecule has 88 valence electrons. The Morgan fingerprint density at radius 1 is 1.35 bits per heavy atom. The molecule has 0 amide bonds. The number of methoxy groups -OCH3 is 1. The number of nitrogens with two attached hydrogens (primary N) is 1. The molecule has 2 N–H and O–H groups in total. The van der Waals surface area contributed by atoms with Crippen LogP contribution in [0.3, 0.4) is 0 Å². The van der Waals surface area contributed by atoms with Gasteiger partial charge in [-0.25, -0.2) is 0 Å². The molecule has 1 heterocycles. The van der Waals surface area contributed by atoms with Gasteiger partial charge in [-0.05, 0) is 24.3 Å². The van der Waals surface area contributed by atoms with Crippen molar-refractivity contribution in [1.29, 1.82) is 0 Å². The lowest BCUT2D eigenvalue weighted by Gasteiger charge is -1.95. The molecular weight excluding hydrogens is 222 g/mol. The summed E-state index contributed by atoms with van der Waals surface area (Å²) in [6.07, 6.45) is -0.0293. The van der Waals surface area contributed by atoms with E-state index in [2.05, 4.69) is 14.9 Å². The Morgan fingerprint density at radius 2 is 2.06 bits per heavy atom. The SMILES string of the molecule is COC(=O)Cc1nnc(-c2ccc(N)cc2)o1. The summed E-state index contributed by atoms with van der Waals surface area (Å²) in [7, 11) is 1.31. The zero-order valence-corrected chi connectivity index (χ0v) is 9.21. The molecule has 0 aliphatic carbocycles. The lowest BCUT2D eigenvalue weighted by atomic mass is 10.2. The van der Waals surface area contributed by atoms with Gasteiger partial charge in [0.25, 0.3) is 0 Å². The molecule has 6 nitrogen and oxygen atoms in total. The van der Waals surface area contributed by atoms with Gasteiger partial charge in [-0.2, -0.15) is 0 Å². The Hall–Kier alpha value is -2.37. The van der Waals surface area contributed by atoms with Crippen LogP contribution in [-0.4, -0.2) is 23.3 Å². The van der Waals surface area contributed by atoms with Gasteiger partial charge in [-0.1, -0.05) is 0 Å². The number of nitrogen functional groups attached to an aromatic ring is 1. The van der Waals surface area contributed by atoms with E-state index in [1.54, 1.807) is 24.3 Å². The average Bonchev–Trinajstić information content (AvgIpc) is 2.78. The Morgan fingerprint density at radius 3 is 2.71 bits per heavy atom. The smallest absolute Gasteiger partial charge is 0.315 e. The minimum atomic E-state index is -0.419. The van der Waals surface area contributed by atoms with Crippen LogP contribution in [0.2, 0.25) is 0 Å². The summed E-state index contributed by atoms with van der Waals surface area (Å²) in [5.41, 5.74) is 6.97. The Kier molecular flexibility index (Phi) is 3.04. The Balaban J connectivity index is 2.18. The number of ether oxygens (including phenoxy) is 1. The third-order valence-electron chi connectivity index (χ3n) is 2.15. The highest BCUT2D eigenvalue weighted by molar-refractivity contribution is 5.71. The summed E-state index contributed by atoms with van der Waals surface area (Å²) in [6, 6.07) is 7.01. The normalized spacial score (nSPS) is 10.2. The van der Waals surface area contributed by atoms with Crippen LogP contribution in [0.4, 0.5) is 5.69 Å². The van der Waals surface area contributed by atoms with Crippen LogP contribution in [0, 0.1) is 0 Å². The predicted molar refractivity (Wildman–Crippen MR) is 59.9 cm³/mol. The van der Waals surface area contributed by atoms with Crippen molar-refractivity contribution >= 4 is 11.7 Å². The van der Waals surface area contributed by atoms with Crippen molar-refractivity contribution in [3.8, 4) is 11.5 Å². The average molecular weight is 233 g/mol. The third-order valence-corrected chi connectivity index (χ3v) is 2.15. The molecule has 2 rings (SSSR count). The zero-order chi connectivity index (χ0) is 12.3. The van der Waals surface area contributed by atoms with Crippen LogP contribution < -0.4 is 5.73 Å². The van der Waals surface area contributed by atoms with E-state index in [4.69, 9.17) is 10.2 Å². The first-order valence-corrected chi connectivity index (χ1v) is 4.94. The second-order valence-corrected chi connectivity index (χ2v) is 3.38. The number of carbonyl (C=O) groups is 1. The maximum absolute atomic E-state index is 11.0. The van der Waals surface area contributed by atoms with E-state index < -0.39 is 5.97 Å². The molecule has 0 atom stereocenters. The van der Waals surface area contributed by atoms with Crippen molar-refractivity contribution in [1.82, 2.24) is 10.2 Å². The number of carbonyl (C=O) groups excluding carboxylic acids is 1. The topological polar surface area (TPSA) is 91.2 Å². The monoisotopic (exact) mass is 233 g/mol. The molecule has 0 aliphatic heterocycles. The maximum atomic E-state index is 11.0. The summed E-state index contributed by atoms with van der Waals surface area (Å²) in [6.45, 7) is 0. The lowest BCUT2D eigenvalue weighted by molar-refractivity contribution is -0.140. The second kappa shape index (κ2) is 4.65. The standard InChI is InChI=1S/C11H11N3O3/c1-16-10(15)6-9-13-14-11(17-9)7-2-4-8(12)5-3-7/h2-5H,6,12H2,1H3. The highest BCUT2D eigenvalue weighted by Crippen LogP contribution is 2.19. The van der Waals surface area contributed by atoms with Crippen molar-refractivity contribution in [2.24, 2.45) is 0 Å². The number of hydrogen-bond donors (Lipinski definition) is 1. The number of esters is 1. The molecule has 0 saturated carbocycles. The quantitative estimate of drug-likeness (QED) is 0.629. The zero-order valence-electron chi connectivity index (χ0n) is 9.21. The van der Waals surface area contributed by atoms with Gasteiger partial charge in [0, 0.05) is 11.3 Å². The van der Waals surface area contributed by atoms with E-state index in [-0.39, 0.29) is 12.3 Å². The third kappa shape index (κ3) is 2.60. The van der Waals surface area contributed by atoms with Crippen molar-refractivity contribution in [3.63, 3.8) is 0 Å².